The van der Waals surface area contributed by atoms with Gasteiger partial charge in [-0.15, -0.1) is 5.10 Å². The largest absolute Gasteiger partial charge is 0.378 e. The van der Waals surface area contributed by atoms with E-state index in [1.165, 1.54) is 4.68 Å². The van der Waals surface area contributed by atoms with Gasteiger partial charge in [-0.1, -0.05) is 48.4 Å². The van der Waals surface area contributed by atoms with Gasteiger partial charge in [0.05, 0.1) is 11.4 Å². The molecule has 27 heavy (non-hydrogen) atoms. The predicted molar refractivity (Wildman–Crippen MR) is 98.8 cm³/mol. The molecule has 3 N–H and O–H groups in total. The molecule has 0 unspecified atom stereocenters. The zero-order chi connectivity index (χ0) is 19.4. The summed E-state index contributed by atoms with van der Waals surface area (Å²) >= 11 is 6.14. The van der Waals surface area contributed by atoms with Crippen LogP contribution in [0.5, 0.6) is 0 Å². The number of hydrazone groups is 1. The van der Waals surface area contributed by atoms with Gasteiger partial charge in [-0.3, -0.25) is 4.79 Å². The van der Waals surface area contributed by atoms with Crippen LogP contribution in [0.15, 0.2) is 34.0 Å². The quantitative estimate of drug-likeness (QED) is 0.486. The van der Waals surface area contributed by atoms with Crippen molar-refractivity contribution in [3.8, 4) is 5.82 Å². The lowest BCUT2D eigenvalue weighted by Gasteiger charge is -2.05. The summed E-state index contributed by atoms with van der Waals surface area (Å²) in [4.78, 5) is 12.6. The van der Waals surface area contributed by atoms with Crippen LogP contribution in [0.3, 0.4) is 0 Å². The number of carbonyl (C=O) groups is 1. The second kappa shape index (κ2) is 7.96. The number of carbonyl (C=O) groups excluding carboxylic acids is 1. The van der Waals surface area contributed by atoms with Crippen LogP contribution in [0.2, 0.25) is 5.02 Å². The van der Waals surface area contributed by atoms with Gasteiger partial charge in [-0.25, -0.2) is 10.1 Å². The fourth-order valence-corrected chi connectivity index (χ4v) is 2.72. The van der Waals surface area contributed by atoms with Crippen molar-refractivity contribution in [3.63, 3.8) is 0 Å². The van der Waals surface area contributed by atoms with Gasteiger partial charge in [0, 0.05) is 10.6 Å². The van der Waals surface area contributed by atoms with Crippen LogP contribution in [0.1, 0.15) is 42.0 Å². The highest BCUT2D eigenvalue weighted by molar-refractivity contribution is 6.34. The normalized spacial score (nSPS) is 11.6. The number of nitrogens with one attached hydrogen (secondary N) is 1. The van der Waals surface area contributed by atoms with E-state index in [9.17, 15) is 4.79 Å². The summed E-state index contributed by atoms with van der Waals surface area (Å²) in [5.74, 6) is -0.274. The number of halogens is 1. The third kappa shape index (κ3) is 3.80. The lowest BCUT2D eigenvalue weighted by atomic mass is 10.1. The molecule has 0 aliphatic carbocycles. The molecule has 0 atom stereocenters. The number of nitrogen functional groups attached to an aromatic ring is 1. The summed E-state index contributed by atoms with van der Waals surface area (Å²) in [7, 11) is 0. The Labute approximate surface area is 159 Å². The van der Waals surface area contributed by atoms with Gasteiger partial charge in [0.25, 0.3) is 5.91 Å². The summed E-state index contributed by atoms with van der Waals surface area (Å²) in [6.07, 6.45) is 1.27. The molecule has 0 saturated heterocycles. The SMILES string of the molecule is CCCc1c(C(=O)N/N=C(\C)c2ccccc2Cl)nnn1-c1nonc1N. The Balaban J connectivity index is 1.87. The summed E-state index contributed by atoms with van der Waals surface area (Å²) in [6.45, 7) is 3.70. The lowest BCUT2D eigenvalue weighted by Crippen LogP contribution is -2.21. The molecule has 3 rings (SSSR count). The molecule has 2 aromatic heterocycles. The molecule has 10 nitrogen and oxygen atoms in total. The molecule has 11 heteroatoms. The summed E-state index contributed by atoms with van der Waals surface area (Å²) in [5, 5.41) is 19.8. The van der Waals surface area contributed by atoms with Crippen molar-refractivity contribution in [1.29, 1.82) is 0 Å². The number of nitrogens with zero attached hydrogens (tertiary/aromatic N) is 6. The number of nitrogens with two attached hydrogens (primary N) is 1. The maximum absolute atomic E-state index is 12.6. The number of amides is 1. The molecular weight excluding hydrogens is 372 g/mol. The van der Waals surface area contributed by atoms with Crippen LogP contribution in [0.25, 0.3) is 5.82 Å². The van der Waals surface area contributed by atoms with Crippen molar-refractivity contribution < 1.29 is 9.42 Å². The molecule has 1 amide bonds. The first-order valence-corrected chi connectivity index (χ1v) is 8.53. The maximum Gasteiger partial charge on any atom is 0.293 e. The molecule has 140 valence electrons. The molecule has 3 aromatic rings. The number of aromatic nitrogens is 5. The first-order chi connectivity index (χ1) is 13.0. The van der Waals surface area contributed by atoms with E-state index in [4.69, 9.17) is 17.3 Å². The third-order valence-electron chi connectivity index (χ3n) is 3.75. The Morgan fingerprint density at radius 2 is 2.15 bits per heavy atom. The number of anilines is 1. The van der Waals surface area contributed by atoms with Gasteiger partial charge in [0.1, 0.15) is 0 Å². The van der Waals surface area contributed by atoms with Crippen molar-refractivity contribution in [1.82, 2.24) is 30.7 Å². The Morgan fingerprint density at radius 1 is 1.37 bits per heavy atom. The molecule has 0 aliphatic heterocycles. The van der Waals surface area contributed by atoms with Crippen molar-refractivity contribution in [3.05, 3.63) is 46.2 Å². The van der Waals surface area contributed by atoms with Crippen molar-refractivity contribution in [2.75, 3.05) is 5.73 Å². The molecule has 2 heterocycles. The molecule has 0 spiro atoms. The summed E-state index contributed by atoms with van der Waals surface area (Å²) < 4.78 is 5.94. The fraction of sp³-hybridized carbons (Fsp3) is 0.250. The standard InChI is InChI=1S/C16H17ClN8O2/c1-3-6-12-13(20-24-25(12)15-14(18)22-27-23-15)16(26)21-19-9(2)10-7-4-5-8-11(10)17/h4-5,7-8H,3,6H2,1-2H3,(H2,18,22)(H,21,26)/b19-9+. The Bertz CT molecular complexity index is 994. The highest BCUT2D eigenvalue weighted by atomic mass is 35.5. The molecule has 0 saturated carbocycles. The van der Waals surface area contributed by atoms with E-state index >= 15 is 0 Å². The smallest absolute Gasteiger partial charge is 0.293 e. The molecule has 0 fully saturated rings. The van der Waals surface area contributed by atoms with Gasteiger partial charge in [-0.2, -0.15) is 9.78 Å². The zero-order valence-electron chi connectivity index (χ0n) is 14.7. The minimum Gasteiger partial charge on any atom is -0.378 e. The second-order valence-corrected chi connectivity index (χ2v) is 6.04. The van der Waals surface area contributed by atoms with E-state index in [2.05, 4.69) is 35.8 Å². The molecule has 1 aromatic carbocycles. The highest BCUT2D eigenvalue weighted by Crippen LogP contribution is 2.18. The summed E-state index contributed by atoms with van der Waals surface area (Å²) in [5.41, 5.74) is 10.1. The van der Waals surface area contributed by atoms with Gasteiger partial charge in [0.15, 0.2) is 5.69 Å². The average molecular weight is 389 g/mol. The topological polar surface area (TPSA) is 137 Å². The Hall–Kier alpha value is -3.27. The molecule has 0 aliphatic rings. The fourth-order valence-electron chi connectivity index (χ4n) is 2.45. The van der Waals surface area contributed by atoms with Crippen LogP contribution < -0.4 is 11.2 Å². The number of hydrogen-bond acceptors (Lipinski definition) is 8. The van der Waals surface area contributed by atoms with E-state index in [0.717, 1.165) is 12.0 Å². The number of rotatable bonds is 6. The van der Waals surface area contributed by atoms with Crippen LogP contribution in [-0.2, 0) is 6.42 Å². The average Bonchev–Trinajstić information content (AvgIpc) is 3.26. The molecule has 0 radical (unpaired) electrons. The lowest BCUT2D eigenvalue weighted by molar-refractivity contribution is 0.0948. The van der Waals surface area contributed by atoms with Crippen LogP contribution >= 0.6 is 11.6 Å². The van der Waals surface area contributed by atoms with E-state index in [1.54, 1.807) is 13.0 Å². The minimum atomic E-state index is -0.508. The van der Waals surface area contributed by atoms with Crippen LogP contribution in [-0.4, -0.2) is 36.9 Å². The van der Waals surface area contributed by atoms with Gasteiger partial charge < -0.3 is 5.73 Å². The highest BCUT2D eigenvalue weighted by Gasteiger charge is 2.23. The first kappa shape index (κ1) is 18.5. The van der Waals surface area contributed by atoms with Crippen LogP contribution in [0, 0.1) is 0 Å². The third-order valence-corrected chi connectivity index (χ3v) is 4.08. The van der Waals surface area contributed by atoms with Crippen molar-refractivity contribution in [2.24, 2.45) is 5.10 Å². The monoisotopic (exact) mass is 388 g/mol. The minimum absolute atomic E-state index is 0.0526. The van der Waals surface area contributed by atoms with Gasteiger partial charge >= 0.3 is 0 Å². The first-order valence-electron chi connectivity index (χ1n) is 8.15. The Morgan fingerprint density at radius 3 is 2.81 bits per heavy atom. The second-order valence-electron chi connectivity index (χ2n) is 5.64. The predicted octanol–water partition coefficient (Wildman–Crippen LogP) is 1.99. The molecular formula is C16H17ClN8O2. The van der Waals surface area contributed by atoms with Crippen molar-refractivity contribution >= 4 is 29.0 Å². The van der Waals surface area contributed by atoms with Crippen molar-refractivity contribution in [2.45, 2.75) is 26.7 Å². The van der Waals surface area contributed by atoms with E-state index < -0.39 is 5.91 Å². The number of hydrogen-bond donors (Lipinski definition) is 2. The Kier molecular flexibility index (Phi) is 5.46. The summed E-state index contributed by atoms with van der Waals surface area (Å²) in [6, 6.07) is 7.21. The van der Waals surface area contributed by atoms with E-state index in [0.29, 0.717) is 22.8 Å². The van der Waals surface area contributed by atoms with Gasteiger partial charge in [-0.05, 0) is 29.7 Å². The number of benzene rings is 1. The van der Waals surface area contributed by atoms with E-state index in [1.807, 2.05) is 25.1 Å². The zero-order valence-corrected chi connectivity index (χ0v) is 15.4. The molecule has 0 bridgehead atoms. The van der Waals surface area contributed by atoms with Gasteiger partial charge in [0.2, 0.25) is 11.6 Å². The van der Waals surface area contributed by atoms with E-state index in [-0.39, 0.29) is 17.3 Å². The van der Waals surface area contributed by atoms with Crippen LogP contribution in [0.4, 0.5) is 5.82 Å². The maximum atomic E-state index is 12.6.